The minimum absolute atomic E-state index is 0.0160. The number of anilines is 2. The maximum atomic E-state index is 13.7. The molecule has 0 saturated carbocycles. The lowest BCUT2D eigenvalue weighted by Gasteiger charge is -2.31. The van der Waals surface area contributed by atoms with E-state index in [0.717, 1.165) is 24.5 Å². The Morgan fingerprint density at radius 2 is 1.69 bits per heavy atom. The molecule has 0 spiro atoms. The van der Waals surface area contributed by atoms with Crippen LogP contribution in [-0.2, 0) is 26.6 Å². The molecule has 3 aromatic rings. The molecular formula is C29H35F2N5O7S2. The molecule has 12 nitrogen and oxygen atoms in total. The maximum absolute atomic E-state index is 13.7. The van der Waals surface area contributed by atoms with Gasteiger partial charge in [0.25, 0.3) is 0 Å². The lowest BCUT2D eigenvalue weighted by atomic mass is 9.98. The number of rotatable bonds is 12. The molecule has 0 aliphatic carbocycles. The largest absolute Gasteiger partial charge is 0.506 e. The third-order valence-electron chi connectivity index (χ3n) is 7.24. The number of aromatic hydroxyl groups is 1. The summed E-state index contributed by atoms with van der Waals surface area (Å²) in [5.41, 5.74) is 0.675. The highest BCUT2D eigenvalue weighted by Gasteiger charge is 2.29. The van der Waals surface area contributed by atoms with E-state index in [1.54, 1.807) is 0 Å². The van der Waals surface area contributed by atoms with Crippen LogP contribution in [-0.4, -0.2) is 69.8 Å². The molecule has 1 aliphatic heterocycles. The molecule has 6 N–H and O–H groups in total. The van der Waals surface area contributed by atoms with Gasteiger partial charge in [0.2, 0.25) is 20.0 Å². The number of amides is 2. The molecule has 0 aromatic heterocycles. The second-order valence-electron chi connectivity index (χ2n) is 10.7. The van der Waals surface area contributed by atoms with E-state index in [0.29, 0.717) is 43.7 Å². The number of urea groups is 1. The molecule has 45 heavy (non-hydrogen) atoms. The third kappa shape index (κ3) is 9.58. The van der Waals surface area contributed by atoms with E-state index in [9.17, 15) is 40.6 Å². The second-order valence-corrected chi connectivity index (χ2v) is 14.4. The highest BCUT2D eigenvalue weighted by molar-refractivity contribution is 7.92. The normalized spacial score (nSPS) is 15.4. The molecule has 4 rings (SSSR count). The van der Waals surface area contributed by atoms with Crippen LogP contribution in [0.15, 0.2) is 65.6 Å². The van der Waals surface area contributed by atoms with Crippen LogP contribution in [0.25, 0.3) is 0 Å². The number of carbonyl (C=O) groups excluding carboxylic acids is 1. The summed E-state index contributed by atoms with van der Waals surface area (Å²) < 4.78 is 80.0. The highest BCUT2D eigenvalue weighted by atomic mass is 32.2. The number of phenolic OH excluding ortho intramolecular Hbond substituents is 1. The summed E-state index contributed by atoms with van der Waals surface area (Å²) in [6.07, 6.45) is 1.17. The average molecular weight is 668 g/mol. The molecule has 244 valence electrons. The number of sulfonamides is 2. The Bertz CT molecular complexity index is 1720. The smallest absolute Gasteiger partial charge is 0.319 e. The van der Waals surface area contributed by atoms with Crippen LogP contribution < -0.4 is 20.7 Å². The van der Waals surface area contributed by atoms with Crippen LogP contribution in [0.3, 0.4) is 0 Å². The maximum Gasteiger partial charge on any atom is 0.319 e. The van der Waals surface area contributed by atoms with Crippen molar-refractivity contribution in [3.63, 3.8) is 0 Å². The zero-order valence-corrected chi connectivity index (χ0v) is 26.0. The van der Waals surface area contributed by atoms with Crippen molar-refractivity contribution >= 4 is 37.5 Å². The van der Waals surface area contributed by atoms with Crippen molar-refractivity contribution in [1.82, 2.24) is 14.9 Å². The van der Waals surface area contributed by atoms with E-state index in [1.165, 1.54) is 46.8 Å². The second kappa shape index (κ2) is 14.5. The van der Waals surface area contributed by atoms with Gasteiger partial charge >= 0.3 is 6.03 Å². The highest BCUT2D eigenvalue weighted by Crippen LogP contribution is 2.28. The summed E-state index contributed by atoms with van der Waals surface area (Å²) in [6.45, 7) is 1.06. The fraction of sp³-hybridized carbons (Fsp3) is 0.345. The molecular weight excluding hydrogens is 632 g/mol. The van der Waals surface area contributed by atoms with Crippen LogP contribution in [0, 0.1) is 17.6 Å². The summed E-state index contributed by atoms with van der Waals surface area (Å²) >= 11 is 0. The zero-order chi connectivity index (χ0) is 32.8. The Hall–Kier alpha value is -3.83. The summed E-state index contributed by atoms with van der Waals surface area (Å²) in [4.78, 5) is 12.2. The number of aliphatic hydroxyl groups excluding tert-OH is 1. The number of hydrogen-bond donors (Lipinski definition) is 6. The Labute approximate surface area is 260 Å². The van der Waals surface area contributed by atoms with Crippen molar-refractivity contribution in [2.45, 2.75) is 30.4 Å². The first kappa shape index (κ1) is 34.1. The lowest BCUT2D eigenvalue weighted by Crippen LogP contribution is -2.41. The van der Waals surface area contributed by atoms with Gasteiger partial charge in [-0.25, -0.2) is 30.4 Å². The number of nitrogens with zero attached hydrogens (tertiary/aromatic N) is 1. The van der Waals surface area contributed by atoms with E-state index >= 15 is 0 Å². The van der Waals surface area contributed by atoms with Crippen LogP contribution >= 0.6 is 0 Å². The Morgan fingerprint density at radius 3 is 2.36 bits per heavy atom. The van der Waals surface area contributed by atoms with Gasteiger partial charge in [-0.2, -0.15) is 4.31 Å². The number of halogens is 2. The van der Waals surface area contributed by atoms with E-state index in [4.69, 9.17) is 0 Å². The molecule has 0 radical (unpaired) electrons. The number of hydrogen-bond acceptors (Lipinski definition) is 8. The van der Waals surface area contributed by atoms with Gasteiger partial charge in [0.15, 0.2) is 0 Å². The molecule has 1 heterocycles. The molecule has 1 aliphatic rings. The molecule has 2 amide bonds. The molecule has 1 saturated heterocycles. The minimum Gasteiger partial charge on any atom is -0.506 e. The van der Waals surface area contributed by atoms with Crippen molar-refractivity contribution in [3.05, 3.63) is 83.4 Å². The number of benzene rings is 3. The predicted molar refractivity (Wildman–Crippen MR) is 165 cm³/mol. The van der Waals surface area contributed by atoms with E-state index in [-0.39, 0.29) is 40.9 Å². The summed E-state index contributed by atoms with van der Waals surface area (Å²) in [7, 11) is -7.39. The molecule has 0 unspecified atom stereocenters. The quantitative estimate of drug-likeness (QED) is 0.160. The number of nitrogens with one attached hydrogen (secondary N) is 4. The fourth-order valence-corrected chi connectivity index (χ4v) is 6.86. The topological polar surface area (TPSA) is 177 Å². The SMILES string of the molecule is CS(=O)(=O)Nc1cc([C@@H](O)CNCC2CCN(S(=O)(=O)c3ccc(NC(=O)NCc4cc(F)ccc4F)cc3)CC2)ccc1O. The Balaban J connectivity index is 1.22. The van der Waals surface area contributed by atoms with Crippen LogP contribution in [0.1, 0.15) is 30.1 Å². The number of aliphatic hydroxyl groups is 1. The monoisotopic (exact) mass is 667 g/mol. The van der Waals surface area contributed by atoms with Crippen LogP contribution in [0.2, 0.25) is 0 Å². The van der Waals surface area contributed by atoms with Crippen LogP contribution in [0.5, 0.6) is 5.75 Å². The van der Waals surface area contributed by atoms with Gasteiger partial charge in [0, 0.05) is 37.4 Å². The standard InChI is InChI=1S/C29H35F2N5O7S2/c1-44(40,41)35-26-15-20(2-9-27(26)37)28(38)18-32-16-19-10-12-36(13-11-19)45(42,43)24-6-4-23(5-7-24)34-29(39)33-17-21-14-22(30)3-8-25(21)31/h2-9,14-15,19,28,32,35,37-38H,10-13,16-18H2,1H3,(H2,33,34,39)/t28-/m0/s1. The first-order valence-corrected chi connectivity index (χ1v) is 17.3. The first-order chi connectivity index (χ1) is 21.2. The van der Waals surface area contributed by atoms with E-state index in [2.05, 4.69) is 20.7 Å². The van der Waals surface area contributed by atoms with Crippen molar-refractivity contribution in [2.75, 3.05) is 42.5 Å². The van der Waals surface area contributed by atoms with Gasteiger partial charge in [-0.05, 0) is 85.5 Å². The van der Waals surface area contributed by atoms with E-state index < -0.39 is 43.8 Å². The summed E-state index contributed by atoms with van der Waals surface area (Å²) in [5, 5.41) is 28.5. The molecule has 0 bridgehead atoms. The first-order valence-electron chi connectivity index (χ1n) is 14.0. The number of carbonyl (C=O) groups is 1. The molecule has 1 atom stereocenters. The number of piperidine rings is 1. The third-order valence-corrected chi connectivity index (χ3v) is 9.75. The number of phenols is 1. The Morgan fingerprint density at radius 1 is 1.00 bits per heavy atom. The van der Waals surface area contributed by atoms with Gasteiger partial charge in [-0.3, -0.25) is 4.72 Å². The average Bonchev–Trinajstić information content (AvgIpc) is 2.98. The molecule has 1 fully saturated rings. The van der Waals surface area contributed by atoms with Gasteiger partial charge in [-0.15, -0.1) is 0 Å². The molecule has 3 aromatic carbocycles. The Kier molecular flexibility index (Phi) is 11.0. The summed E-state index contributed by atoms with van der Waals surface area (Å²) in [5.74, 6) is -1.38. The van der Waals surface area contributed by atoms with Crippen molar-refractivity contribution in [2.24, 2.45) is 5.92 Å². The van der Waals surface area contributed by atoms with Gasteiger partial charge in [-0.1, -0.05) is 6.07 Å². The fourth-order valence-electron chi connectivity index (χ4n) is 4.83. The van der Waals surface area contributed by atoms with Crippen LogP contribution in [0.4, 0.5) is 25.0 Å². The summed E-state index contributed by atoms with van der Waals surface area (Å²) in [6, 6.07) is 12.0. The van der Waals surface area contributed by atoms with Crippen molar-refractivity contribution in [1.29, 1.82) is 0 Å². The lowest BCUT2D eigenvalue weighted by molar-refractivity contribution is 0.169. The molecule has 16 heteroatoms. The van der Waals surface area contributed by atoms with Gasteiger partial charge < -0.3 is 26.2 Å². The van der Waals surface area contributed by atoms with Crippen molar-refractivity contribution in [3.8, 4) is 5.75 Å². The van der Waals surface area contributed by atoms with Gasteiger partial charge in [0.1, 0.15) is 17.4 Å². The van der Waals surface area contributed by atoms with E-state index in [1.807, 2.05) is 0 Å². The minimum atomic E-state index is -3.78. The predicted octanol–water partition coefficient (Wildman–Crippen LogP) is 3.09. The van der Waals surface area contributed by atoms with Gasteiger partial charge in [0.05, 0.1) is 22.9 Å². The van der Waals surface area contributed by atoms with Crippen molar-refractivity contribution < 1.29 is 40.6 Å². The zero-order valence-electron chi connectivity index (χ0n) is 24.3.